The molecular weight excluding hydrogens is 1350 g/mol. The largest absolute Gasteiger partial charge is 0.472 e. The van der Waals surface area contributed by atoms with Gasteiger partial charge in [0.25, 0.3) is 0 Å². The molecule has 0 fully saturated rings. The van der Waals surface area contributed by atoms with Gasteiger partial charge in [0, 0.05) is 25.7 Å². The van der Waals surface area contributed by atoms with Crippen molar-refractivity contribution in [1.82, 2.24) is 0 Å². The van der Waals surface area contributed by atoms with E-state index in [0.29, 0.717) is 25.7 Å². The van der Waals surface area contributed by atoms with Crippen molar-refractivity contribution in [3.63, 3.8) is 0 Å². The molecule has 0 spiro atoms. The fourth-order valence-electron chi connectivity index (χ4n) is 13.3. The van der Waals surface area contributed by atoms with E-state index in [1.165, 1.54) is 283 Å². The summed E-state index contributed by atoms with van der Waals surface area (Å²) in [7, 11) is -9.93. The van der Waals surface area contributed by atoms with Gasteiger partial charge in [-0.1, -0.05) is 407 Å². The van der Waals surface area contributed by atoms with Gasteiger partial charge in [-0.2, -0.15) is 0 Å². The van der Waals surface area contributed by atoms with Crippen LogP contribution >= 0.6 is 15.6 Å². The van der Waals surface area contributed by atoms with Crippen LogP contribution in [0.1, 0.15) is 458 Å². The number of phosphoric ester groups is 2. The lowest BCUT2D eigenvalue weighted by Gasteiger charge is -2.21. The first kappa shape index (κ1) is 102. The number of ether oxygens (including phenoxy) is 4. The van der Waals surface area contributed by atoms with Crippen LogP contribution in [-0.4, -0.2) is 96.7 Å². The van der Waals surface area contributed by atoms with Gasteiger partial charge in [0.2, 0.25) is 0 Å². The van der Waals surface area contributed by atoms with Gasteiger partial charge in [-0.05, 0) is 31.6 Å². The van der Waals surface area contributed by atoms with E-state index in [9.17, 15) is 43.2 Å². The van der Waals surface area contributed by atoms with Crippen molar-refractivity contribution < 1.29 is 80.2 Å². The maximum absolute atomic E-state index is 13.1. The van der Waals surface area contributed by atoms with Gasteiger partial charge in [0.15, 0.2) is 12.2 Å². The molecule has 0 aromatic rings. The van der Waals surface area contributed by atoms with Crippen molar-refractivity contribution in [1.29, 1.82) is 0 Å². The molecule has 0 radical (unpaired) electrons. The van der Waals surface area contributed by atoms with Crippen LogP contribution in [0, 0.1) is 5.92 Å². The number of carbonyl (C=O) groups is 4. The zero-order chi connectivity index (χ0) is 76.2. The predicted octanol–water partition coefficient (Wildman–Crippen LogP) is 26.0. The second kappa shape index (κ2) is 77.8. The summed E-state index contributed by atoms with van der Waals surface area (Å²) in [6.07, 6.45) is 70.7. The highest BCUT2D eigenvalue weighted by molar-refractivity contribution is 7.47. The van der Waals surface area contributed by atoms with Gasteiger partial charge in [-0.25, -0.2) is 9.13 Å². The molecule has 0 saturated heterocycles. The molecule has 0 bridgehead atoms. The number of rotatable bonds is 85. The van der Waals surface area contributed by atoms with E-state index in [0.717, 1.165) is 95.8 Å². The first-order valence-corrected chi connectivity index (χ1v) is 47.2. The van der Waals surface area contributed by atoms with Crippen LogP contribution in [0.25, 0.3) is 0 Å². The standard InChI is InChI=1S/C85H166O17P2/c1-6-10-13-16-19-22-25-28-31-34-35-37-40-43-46-49-56-61-66-71-84(89)101-80(74-95-82(87)68-63-58-53-47-44-41-39-36-32-29-26-23-20-17-14-11-7-2)76-99-103(91,92)97-72-79(86)73-98-104(93,94)100-77-81(75-96-83(88)69-64-59-54-51-50-52-57-62-67-78(5)9-4)102-85(90)70-65-60-55-48-45-42-38-33-30-27-24-21-18-15-12-8-3/h78-81,86H,6-77H2,1-5H3,(H,91,92)(H,93,94)/t78?,79-,80-,81-/m1/s1. The van der Waals surface area contributed by atoms with Crippen molar-refractivity contribution in [2.45, 2.75) is 477 Å². The molecule has 0 aromatic heterocycles. The van der Waals surface area contributed by atoms with E-state index in [2.05, 4.69) is 34.6 Å². The van der Waals surface area contributed by atoms with E-state index in [1.807, 2.05) is 0 Å². The summed E-state index contributed by atoms with van der Waals surface area (Å²) in [6.45, 7) is 7.37. The molecule has 0 aliphatic heterocycles. The average molecular weight is 1520 g/mol. The summed E-state index contributed by atoms with van der Waals surface area (Å²) in [5.74, 6) is -1.32. The lowest BCUT2D eigenvalue weighted by atomic mass is 9.99. The van der Waals surface area contributed by atoms with Crippen molar-refractivity contribution in [2.24, 2.45) is 5.92 Å². The molecule has 19 heteroatoms. The molecular formula is C85H166O17P2. The summed E-state index contributed by atoms with van der Waals surface area (Å²) in [6, 6.07) is 0. The summed E-state index contributed by atoms with van der Waals surface area (Å²) in [4.78, 5) is 73.2. The van der Waals surface area contributed by atoms with Crippen LogP contribution in [0.4, 0.5) is 0 Å². The summed E-state index contributed by atoms with van der Waals surface area (Å²) in [5.41, 5.74) is 0. The van der Waals surface area contributed by atoms with Crippen LogP contribution in [0.15, 0.2) is 0 Å². The molecule has 0 aromatic carbocycles. The third kappa shape index (κ3) is 76.8. The number of hydrogen-bond acceptors (Lipinski definition) is 15. The molecule has 0 aliphatic rings. The summed E-state index contributed by atoms with van der Waals surface area (Å²) >= 11 is 0. The van der Waals surface area contributed by atoms with Crippen LogP contribution in [0.2, 0.25) is 0 Å². The maximum Gasteiger partial charge on any atom is 0.472 e. The Morgan fingerprint density at radius 2 is 0.462 bits per heavy atom. The Balaban J connectivity index is 5.26. The Kier molecular flexibility index (Phi) is 76.3. The van der Waals surface area contributed by atoms with E-state index < -0.39 is 97.5 Å². The van der Waals surface area contributed by atoms with Crippen LogP contribution in [0.5, 0.6) is 0 Å². The Morgan fingerprint density at radius 1 is 0.269 bits per heavy atom. The number of aliphatic hydroxyl groups excluding tert-OH is 1. The van der Waals surface area contributed by atoms with Crippen LogP contribution < -0.4 is 0 Å². The number of phosphoric acid groups is 2. The molecule has 0 aliphatic carbocycles. The third-order valence-corrected chi connectivity index (χ3v) is 22.3. The fraction of sp³-hybridized carbons (Fsp3) is 0.953. The third-order valence-electron chi connectivity index (χ3n) is 20.4. The minimum Gasteiger partial charge on any atom is -0.462 e. The van der Waals surface area contributed by atoms with E-state index >= 15 is 0 Å². The minimum absolute atomic E-state index is 0.108. The monoisotopic (exact) mass is 1520 g/mol. The molecule has 6 atom stereocenters. The quantitative estimate of drug-likeness (QED) is 0.0222. The molecule has 0 saturated carbocycles. The van der Waals surface area contributed by atoms with Crippen molar-refractivity contribution in [2.75, 3.05) is 39.6 Å². The Morgan fingerprint density at radius 3 is 0.683 bits per heavy atom. The Bertz CT molecular complexity index is 1980. The van der Waals surface area contributed by atoms with E-state index in [-0.39, 0.29) is 25.7 Å². The maximum atomic E-state index is 13.1. The predicted molar refractivity (Wildman–Crippen MR) is 428 cm³/mol. The molecule has 0 rings (SSSR count). The molecule has 104 heavy (non-hydrogen) atoms. The first-order chi connectivity index (χ1) is 50.6. The topological polar surface area (TPSA) is 237 Å². The van der Waals surface area contributed by atoms with Gasteiger partial charge in [0.05, 0.1) is 26.4 Å². The fourth-order valence-corrected chi connectivity index (χ4v) is 14.8. The van der Waals surface area contributed by atoms with Gasteiger partial charge in [-0.3, -0.25) is 37.3 Å². The average Bonchev–Trinajstić information content (AvgIpc) is 0.911. The molecule has 17 nitrogen and oxygen atoms in total. The number of unbranched alkanes of at least 4 members (excludes halogenated alkanes) is 56. The van der Waals surface area contributed by atoms with Gasteiger partial charge in [0.1, 0.15) is 19.3 Å². The number of carbonyl (C=O) groups excluding carboxylic acids is 4. The molecule has 618 valence electrons. The lowest BCUT2D eigenvalue weighted by molar-refractivity contribution is -0.161. The second-order valence-electron chi connectivity index (χ2n) is 30.8. The highest BCUT2D eigenvalue weighted by Gasteiger charge is 2.30. The normalized spacial score (nSPS) is 14.0. The molecule has 3 unspecified atom stereocenters. The lowest BCUT2D eigenvalue weighted by Crippen LogP contribution is -2.30. The van der Waals surface area contributed by atoms with Gasteiger partial charge < -0.3 is 33.8 Å². The SMILES string of the molecule is CCCCCCCCCCCCCCCCCCCCCC(=O)O[C@H](COC(=O)CCCCCCCCCCCCCCCCCCC)COP(=O)(O)OC[C@@H](O)COP(=O)(O)OC[C@@H](COC(=O)CCCCCCCCCCC(C)CC)OC(=O)CCCCCCCCCCCCCCCCCC. The van der Waals surface area contributed by atoms with Gasteiger partial charge >= 0.3 is 39.5 Å². The molecule has 0 amide bonds. The Labute approximate surface area is 638 Å². The smallest absolute Gasteiger partial charge is 0.462 e. The van der Waals surface area contributed by atoms with Gasteiger partial charge in [-0.15, -0.1) is 0 Å². The van der Waals surface area contributed by atoms with Crippen LogP contribution in [-0.2, 0) is 65.4 Å². The first-order valence-electron chi connectivity index (χ1n) is 44.2. The zero-order valence-electron chi connectivity index (χ0n) is 68.2. The number of esters is 4. The Hall–Kier alpha value is -1.94. The van der Waals surface area contributed by atoms with Crippen molar-refractivity contribution >= 4 is 39.5 Å². The highest BCUT2D eigenvalue weighted by Crippen LogP contribution is 2.45. The number of hydrogen-bond donors (Lipinski definition) is 3. The van der Waals surface area contributed by atoms with E-state index in [4.69, 9.17) is 37.0 Å². The van der Waals surface area contributed by atoms with Crippen LogP contribution in [0.3, 0.4) is 0 Å². The minimum atomic E-state index is -4.96. The van der Waals surface area contributed by atoms with Crippen molar-refractivity contribution in [3.8, 4) is 0 Å². The van der Waals surface area contributed by atoms with Crippen molar-refractivity contribution in [3.05, 3.63) is 0 Å². The summed E-state index contributed by atoms with van der Waals surface area (Å²) < 4.78 is 68.9. The summed E-state index contributed by atoms with van der Waals surface area (Å²) in [5, 5.41) is 10.7. The number of aliphatic hydroxyl groups is 1. The molecule has 0 heterocycles. The van der Waals surface area contributed by atoms with E-state index in [1.54, 1.807) is 0 Å². The second-order valence-corrected chi connectivity index (χ2v) is 33.7. The highest BCUT2D eigenvalue weighted by atomic mass is 31.2. The molecule has 3 N–H and O–H groups in total. The zero-order valence-corrected chi connectivity index (χ0v) is 70.0.